The fourth-order valence-corrected chi connectivity index (χ4v) is 6.41. The average Bonchev–Trinajstić information content (AvgIpc) is 2.36. The summed E-state index contributed by atoms with van der Waals surface area (Å²) in [5.41, 5.74) is 0. The molecular formula is C6H15O15P3. The van der Waals surface area contributed by atoms with Crippen LogP contribution in [0.3, 0.4) is 0 Å². The average molecular weight is 420 g/mol. The quantitative estimate of drug-likeness (QED) is 0.190. The van der Waals surface area contributed by atoms with Crippen molar-refractivity contribution < 1.29 is 73.7 Å². The Bertz CT molecular complexity index is 660. The molecule has 0 heterocycles. The van der Waals surface area contributed by atoms with Crippen molar-refractivity contribution in [3.05, 3.63) is 0 Å². The van der Waals surface area contributed by atoms with E-state index in [2.05, 4.69) is 0 Å². The van der Waals surface area contributed by atoms with Gasteiger partial charge in [0.05, 0.1) is 0 Å². The van der Waals surface area contributed by atoms with Crippen LogP contribution >= 0.6 is 22.8 Å². The van der Waals surface area contributed by atoms with Gasteiger partial charge < -0.3 is 60.0 Å². The third-order valence-corrected chi connectivity index (χ3v) is 8.41. The van der Waals surface area contributed by atoms with Crippen molar-refractivity contribution in [1.82, 2.24) is 0 Å². The van der Waals surface area contributed by atoms with Crippen molar-refractivity contribution in [3.63, 3.8) is 0 Å². The van der Waals surface area contributed by atoms with Gasteiger partial charge in [0.2, 0.25) is 16.0 Å². The predicted octanol–water partition coefficient (Wildman–Crippen LogP) is -5.32. The van der Waals surface area contributed by atoms with Crippen LogP contribution in [0.4, 0.5) is 0 Å². The Morgan fingerprint density at radius 3 is 1.17 bits per heavy atom. The second-order valence-corrected chi connectivity index (χ2v) is 10.5. The second-order valence-electron chi connectivity index (χ2n) is 5.16. The van der Waals surface area contributed by atoms with E-state index in [-0.39, 0.29) is 0 Å². The van der Waals surface area contributed by atoms with E-state index in [1.807, 2.05) is 0 Å². The van der Waals surface area contributed by atoms with Gasteiger partial charge in [-0.2, -0.15) is 0 Å². The van der Waals surface area contributed by atoms with E-state index in [9.17, 15) is 44.3 Å². The van der Waals surface area contributed by atoms with E-state index >= 15 is 0 Å². The van der Waals surface area contributed by atoms with Crippen LogP contribution in [-0.2, 0) is 13.7 Å². The Morgan fingerprint density at radius 2 is 0.917 bits per heavy atom. The molecule has 0 bridgehead atoms. The van der Waals surface area contributed by atoms with E-state index in [1.165, 1.54) is 0 Å². The maximum atomic E-state index is 11.5. The van der Waals surface area contributed by atoms with Crippen molar-refractivity contribution in [2.24, 2.45) is 0 Å². The number of hydrogen-bond donors (Lipinski definition) is 12. The summed E-state index contributed by atoms with van der Waals surface area (Å²) in [5, 5.41) is 44.7. The summed E-state index contributed by atoms with van der Waals surface area (Å²) >= 11 is 0. The van der Waals surface area contributed by atoms with Crippen LogP contribution in [0.25, 0.3) is 0 Å². The molecule has 1 rings (SSSR count). The molecule has 1 fully saturated rings. The van der Waals surface area contributed by atoms with Gasteiger partial charge in [0.15, 0.2) is 0 Å². The maximum Gasteiger partial charge on any atom is 0.363 e. The molecule has 24 heavy (non-hydrogen) atoms. The lowest BCUT2D eigenvalue weighted by molar-refractivity contribution is -0.280. The zero-order valence-corrected chi connectivity index (χ0v) is 13.8. The minimum absolute atomic E-state index is 3.45. The molecule has 1 saturated carbocycles. The van der Waals surface area contributed by atoms with Crippen LogP contribution in [0, 0.1) is 0 Å². The van der Waals surface area contributed by atoms with Crippen LogP contribution in [0.15, 0.2) is 0 Å². The van der Waals surface area contributed by atoms with E-state index < -0.39 is 57.1 Å². The molecule has 0 unspecified atom stereocenters. The summed E-state index contributed by atoms with van der Waals surface area (Å²) in [6, 6.07) is 0. The van der Waals surface area contributed by atoms with Gasteiger partial charge in [0.1, 0.15) is 18.3 Å². The second kappa shape index (κ2) is 5.60. The third kappa shape index (κ3) is 2.42. The summed E-state index contributed by atoms with van der Waals surface area (Å²) in [4.78, 5) is 54.4. The number of aliphatic hydroxyl groups is 6. The molecule has 144 valence electrons. The smallest absolute Gasteiger partial charge is 0.363 e. The summed E-state index contributed by atoms with van der Waals surface area (Å²) in [7, 11) is -19.2. The lowest BCUT2D eigenvalue weighted by atomic mass is 9.83. The van der Waals surface area contributed by atoms with Crippen molar-refractivity contribution in [1.29, 1.82) is 0 Å². The van der Waals surface area contributed by atoms with Gasteiger partial charge in [0.25, 0.3) is 0 Å². The summed E-state index contributed by atoms with van der Waals surface area (Å²) in [6.07, 6.45) is -11.0. The van der Waals surface area contributed by atoms with Crippen LogP contribution < -0.4 is 0 Å². The fourth-order valence-electron chi connectivity index (χ4n) is 2.42. The topological polar surface area (TPSA) is 294 Å². The minimum Gasteiger partial charge on any atom is -0.386 e. The molecule has 1 aliphatic carbocycles. The Labute approximate surface area is 131 Å². The molecule has 0 aliphatic heterocycles. The Balaban J connectivity index is 4.01. The molecule has 0 aromatic rings. The molecule has 0 aromatic carbocycles. The number of rotatable bonds is 3. The van der Waals surface area contributed by atoms with Gasteiger partial charge in [-0.3, -0.25) is 13.7 Å². The minimum atomic E-state index is -6.55. The maximum absolute atomic E-state index is 11.5. The van der Waals surface area contributed by atoms with Crippen molar-refractivity contribution >= 4 is 22.8 Å². The first-order valence-electron chi connectivity index (χ1n) is 5.60. The highest BCUT2D eigenvalue weighted by molar-refractivity contribution is 7.58. The van der Waals surface area contributed by atoms with Gasteiger partial charge >= 0.3 is 22.8 Å². The molecule has 0 radical (unpaired) electrons. The van der Waals surface area contributed by atoms with E-state index in [4.69, 9.17) is 29.4 Å². The number of hydrogen-bond acceptors (Lipinski definition) is 9. The highest BCUT2D eigenvalue weighted by Crippen LogP contribution is 2.74. The van der Waals surface area contributed by atoms with E-state index in [0.29, 0.717) is 0 Å². The monoisotopic (exact) mass is 420 g/mol. The van der Waals surface area contributed by atoms with Crippen LogP contribution in [0.5, 0.6) is 0 Å². The lowest BCUT2D eigenvalue weighted by Gasteiger charge is -2.57. The first-order chi connectivity index (χ1) is 10.2. The molecule has 15 nitrogen and oxygen atoms in total. The first-order valence-corrected chi connectivity index (χ1v) is 10.4. The molecule has 6 atom stereocenters. The molecular weight excluding hydrogens is 405 g/mol. The van der Waals surface area contributed by atoms with Gasteiger partial charge in [-0.1, -0.05) is 0 Å². The third-order valence-electron chi connectivity index (χ3n) is 3.83. The summed E-state index contributed by atoms with van der Waals surface area (Å²) in [6.45, 7) is 0. The molecule has 0 aromatic heterocycles. The van der Waals surface area contributed by atoms with Crippen molar-refractivity contribution in [2.45, 2.75) is 34.3 Å². The fraction of sp³-hybridized carbons (Fsp3) is 1.00. The molecule has 0 amide bonds. The van der Waals surface area contributed by atoms with Gasteiger partial charge in [-0.15, -0.1) is 0 Å². The van der Waals surface area contributed by atoms with Crippen molar-refractivity contribution in [3.8, 4) is 0 Å². The van der Waals surface area contributed by atoms with Crippen LogP contribution in [0.1, 0.15) is 0 Å². The standard InChI is InChI=1S/C6H15O15P3/c7-1-2(8)5(11,23(16,17)18)6(12,24(19,20)21)3(9)4(1,10)22(13,14)15/h1-3,7-12H,(H2,13,14,15)(H2,16,17,18)(H2,19,20,21)/t1-,2-,3+,4-,5-,6-/m1/s1. The Morgan fingerprint density at radius 1 is 0.583 bits per heavy atom. The molecule has 18 heteroatoms. The van der Waals surface area contributed by atoms with E-state index in [0.717, 1.165) is 0 Å². The highest BCUT2D eigenvalue weighted by Gasteiger charge is 2.86. The van der Waals surface area contributed by atoms with Crippen molar-refractivity contribution in [2.75, 3.05) is 0 Å². The first kappa shape index (κ1) is 22.3. The van der Waals surface area contributed by atoms with Crippen LogP contribution in [-0.4, -0.2) is 94.3 Å². The van der Waals surface area contributed by atoms with Gasteiger partial charge in [-0.25, -0.2) is 0 Å². The highest BCUT2D eigenvalue weighted by atomic mass is 31.2. The molecule has 0 saturated heterocycles. The van der Waals surface area contributed by atoms with E-state index in [1.54, 1.807) is 0 Å². The normalized spacial score (nSPS) is 45.2. The van der Waals surface area contributed by atoms with Gasteiger partial charge in [0, 0.05) is 0 Å². The lowest BCUT2D eigenvalue weighted by Crippen LogP contribution is -2.80. The predicted molar refractivity (Wildman–Crippen MR) is 69.0 cm³/mol. The summed E-state index contributed by atoms with van der Waals surface area (Å²) < 4.78 is 34.2. The van der Waals surface area contributed by atoms with Gasteiger partial charge in [-0.05, 0) is 0 Å². The molecule has 12 N–H and O–H groups in total. The summed E-state index contributed by atoms with van der Waals surface area (Å²) in [5.74, 6) is 0. The Hall–Kier alpha value is 0.210. The molecule has 0 spiro atoms. The largest absolute Gasteiger partial charge is 0.386 e. The zero-order valence-electron chi connectivity index (χ0n) is 11.2. The van der Waals surface area contributed by atoms with Crippen LogP contribution in [0.2, 0.25) is 0 Å². The SMILES string of the molecule is O=P(O)(O)[C@]1(O)[C@H](O)[C@@H](O)[C@@](O)(P(=O)(O)O)[C@](O)(P(=O)(O)O)[C@H]1O. The molecule has 1 aliphatic rings. The zero-order chi connectivity index (χ0) is 19.7. The number of aliphatic hydroxyl groups excluding tert-OH is 3. The Kier molecular flexibility index (Phi) is 5.19.